The predicted molar refractivity (Wildman–Crippen MR) is 292 cm³/mol. The van der Waals surface area contributed by atoms with Crippen molar-refractivity contribution in [2.75, 3.05) is 0 Å². The molecule has 0 bridgehead atoms. The van der Waals surface area contributed by atoms with Gasteiger partial charge in [0.1, 0.15) is 0 Å². The van der Waals surface area contributed by atoms with Gasteiger partial charge in [-0.05, 0) is 145 Å². The van der Waals surface area contributed by atoms with Crippen LogP contribution in [0.5, 0.6) is 0 Å². The Morgan fingerprint density at radius 1 is 0.229 bits per heavy atom. The molecule has 2 unspecified atom stereocenters. The molecule has 70 heavy (non-hydrogen) atoms. The zero-order chi connectivity index (χ0) is 45.9. The van der Waals surface area contributed by atoms with Crippen LogP contribution in [0.3, 0.4) is 0 Å². The lowest BCUT2D eigenvalue weighted by Gasteiger charge is -2.15. The molecule has 326 valence electrons. The van der Waals surface area contributed by atoms with Gasteiger partial charge >= 0.3 is 0 Å². The van der Waals surface area contributed by atoms with Crippen LogP contribution in [-0.2, 0) is 0 Å². The minimum absolute atomic E-state index is 0.237. The normalized spacial score (nSPS) is 14.6. The van der Waals surface area contributed by atoms with E-state index in [1.54, 1.807) is 0 Å². The Kier molecular flexibility index (Phi) is 8.52. The van der Waals surface area contributed by atoms with Crippen LogP contribution in [0.25, 0.3) is 99.5 Å². The van der Waals surface area contributed by atoms with Crippen LogP contribution < -0.4 is 0 Å². The average Bonchev–Trinajstić information content (AvgIpc) is 4.16. The zero-order valence-electron chi connectivity index (χ0n) is 38.3. The first-order chi connectivity index (χ1) is 34.7. The second-order valence-corrected chi connectivity index (χ2v) is 19.2. The van der Waals surface area contributed by atoms with Gasteiger partial charge in [0.05, 0.1) is 22.1 Å². The van der Waals surface area contributed by atoms with Gasteiger partial charge in [0.15, 0.2) is 0 Å². The first-order valence-corrected chi connectivity index (χ1v) is 24.5. The van der Waals surface area contributed by atoms with Crippen LogP contribution >= 0.6 is 0 Å². The summed E-state index contributed by atoms with van der Waals surface area (Å²) >= 11 is 0. The molecule has 2 heterocycles. The summed E-state index contributed by atoms with van der Waals surface area (Å²) in [6.07, 6.45) is 0. The maximum atomic E-state index is 2.45. The fraction of sp³-hybridized carbons (Fsp3) is 0.0294. The molecule has 2 aliphatic rings. The van der Waals surface area contributed by atoms with Gasteiger partial charge in [-0.25, -0.2) is 0 Å². The van der Waals surface area contributed by atoms with Crippen molar-refractivity contribution in [1.29, 1.82) is 0 Å². The van der Waals surface area contributed by atoms with Crippen LogP contribution in [0.2, 0.25) is 0 Å². The van der Waals surface area contributed by atoms with E-state index < -0.39 is 0 Å². The van der Waals surface area contributed by atoms with Crippen molar-refractivity contribution in [3.8, 4) is 55.9 Å². The van der Waals surface area contributed by atoms with Crippen molar-refractivity contribution in [1.82, 2.24) is 9.13 Å². The minimum atomic E-state index is 0.237. The van der Waals surface area contributed by atoms with Crippen LogP contribution in [-0.4, -0.2) is 9.13 Å². The first kappa shape index (κ1) is 39.1. The Balaban J connectivity index is 0.824. The number of benzene rings is 11. The SMILES string of the molecule is c1ccc(C2c3ccccc3-c3cc(-c4ccc5c(c4)c4ccccc4n5-c4cccc(-n5c6ccccc6c6cc(-c7ccc8c(c7)-c7ccccc7C8c7ccccc7)ccc65)c4)ccc32)cc1. The standard InChI is InChI=1S/C68H44N2/c1-3-16-43(17-4-1)67-55-26-9-7-22-51(55)59-38-45(30-34-57(59)67)47-32-36-65-61(40-47)53-24-11-13-28-63(53)69(65)49-20-15-21-50(42-49)70-64-29-14-12-25-54(64)62-41-48(33-37-66(62)70)46-31-35-58-60(39-46)52-23-8-10-27-56(52)68(58)44-18-5-2-6-19-44/h1-42,67-68H. The third kappa shape index (κ3) is 5.80. The molecule has 15 rings (SSSR count). The number of aromatic nitrogens is 2. The Morgan fingerprint density at radius 3 is 1.09 bits per heavy atom. The van der Waals surface area contributed by atoms with Gasteiger partial charge in [0, 0.05) is 44.8 Å². The third-order valence-electron chi connectivity index (χ3n) is 15.5. The molecule has 0 N–H and O–H groups in total. The lowest BCUT2D eigenvalue weighted by atomic mass is 9.89. The summed E-state index contributed by atoms with van der Waals surface area (Å²) in [6.45, 7) is 0. The molecule has 2 aromatic heterocycles. The molecular formula is C68H44N2. The van der Waals surface area contributed by atoms with E-state index in [9.17, 15) is 0 Å². The number of fused-ring (bicyclic) bond motifs is 12. The van der Waals surface area contributed by atoms with Gasteiger partial charge in [0.2, 0.25) is 0 Å². The van der Waals surface area contributed by atoms with Crippen molar-refractivity contribution in [3.63, 3.8) is 0 Å². The Bertz CT molecular complexity index is 3970. The van der Waals surface area contributed by atoms with Crippen LogP contribution in [0.15, 0.2) is 255 Å². The van der Waals surface area contributed by atoms with E-state index in [2.05, 4.69) is 264 Å². The van der Waals surface area contributed by atoms with Crippen molar-refractivity contribution in [2.45, 2.75) is 11.8 Å². The molecule has 0 aliphatic heterocycles. The van der Waals surface area contributed by atoms with Crippen molar-refractivity contribution >= 4 is 43.6 Å². The summed E-state index contributed by atoms with van der Waals surface area (Å²) in [7, 11) is 0. The molecule has 0 spiro atoms. The summed E-state index contributed by atoms with van der Waals surface area (Å²) < 4.78 is 4.89. The number of para-hydroxylation sites is 2. The maximum absolute atomic E-state index is 2.45. The van der Waals surface area contributed by atoms with E-state index in [0.29, 0.717) is 0 Å². The smallest absolute Gasteiger partial charge is 0.0541 e. The van der Waals surface area contributed by atoms with E-state index in [1.165, 1.54) is 122 Å². The number of nitrogens with zero attached hydrogens (tertiary/aromatic N) is 2. The Morgan fingerprint density at radius 2 is 0.600 bits per heavy atom. The molecule has 2 aliphatic carbocycles. The zero-order valence-corrected chi connectivity index (χ0v) is 38.3. The molecule has 0 radical (unpaired) electrons. The number of hydrogen-bond acceptors (Lipinski definition) is 0. The summed E-state index contributed by atoms with van der Waals surface area (Å²) in [5.74, 6) is 0.474. The van der Waals surface area contributed by atoms with Crippen LogP contribution in [0, 0.1) is 0 Å². The van der Waals surface area contributed by atoms with Crippen LogP contribution in [0.4, 0.5) is 0 Å². The van der Waals surface area contributed by atoms with E-state index in [1.807, 2.05) is 0 Å². The highest BCUT2D eigenvalue weighted by Crippen LogP contribution is 2.51. The van der Waals surface area contributed by atoms with E-state index in [-0.39, 0.29) is 11.8 Å². The highest BCUT2D eigenvalue weighted by molar-refractivity contribution is 6.12. The highest BCUT2D eigenvalue weighted by atomic mass is 15.0. The fourth-order valence-electron chi connectivity index (χ4n) is 12.4. The van der Waals surface area contributed by atoms with E-state index in [0.717, 1.165) is 11.4 Å². The van der Waals surface area contributed by atoms with Gasteiger partial charge in [-0.15, -0.1) is 0 Å². The topological polar surface area (TPSA) is 9.86 Å². The molecule has 0 fully saturated rings. The van der Waals surface area contributed by atoms with Gasteiger partial charge in [-0.3, -0.25) is 0 Å². The van der Waals surface area contributed by atoms with Gasteiger partial charge in [-0.2, -0.15) is 0 Å². The average molecular weight is 889 g/mol. The number of rotatable bonds is 6. The molecular weight excluding hydrogens is 845 g/mol. The van der Waals surface area contributed by atoms with Gasteiger partial charge in [0.25, 0.3) is 0 Å². The first-order valence-electron chi connectivity index (χ1n) is 24.5. The minimum Gasteiger partial charge on any atom is -0.309 e. The largest absolute Gasteiger partial charge is 0.309 e. The van der Waals surface area contributed by atoms with Gasteiger partial charge < -0.3 is 9.13 Å². The van der Waals surface area contributed by atoms with Gasteiger partial charge in [-0.1, -0.05) is 188 Å². The number of hydrogen-bond donors (Lipinski definition) is 0. The van der Waals surface area contributed by atoms with Crippen molar-refractivity contribution < 1.29 is 0 Å². The summed E-state index contributed by atoms with van der Waals surface area (Å²) in [6, 6.07) is 94.9. The maximum Gasteiger partial charge on any atom is 0.0541 e. The molecule has 13 aromatic rings. The Hall–Kier alpha value is -8.98. The lowest BCUT2D eigenvalue weighted by molar-refractivity contribution is 1.02. The quantitative estimate of drug-likeness (QED) is 0.157. The van der Waals surface area contributed by atoms with E-state index >= 15 is 0 Å². The predicted octanol–water partition coefficient (Wildman–Crippen LogP) is 17.5. The van der Waals surface area contributed by atoms with Crippen molar-refractivity contribution in [2.24, 2.45) is 0 Å². The molecule has 0 saturated carbocycles. The third-order valence-corrected chi connectivity index (χ3v) is 15.5. The molecule has 2 atom stereocenters. The van der Waals surface area contributed by atoms with Crippen LogP contribution in [0.1, 0.15) is 45.2 Å². The monoisotopic (exact) mass is 888 g/mol. The second-order valence-electron chi connectivity index (χ2n) is 19.2. The fourth-order valence-corrected chi connectivity index (χ4v) is 12.4. The van der Waals surface area contributed by atoms with E-state index in [4.69, 9.17) is 0 Å². The Labute approximate surface area is 406 Å². The molecule has 0 saturated heterocycles. The van der Waals surface area contributed by atoms with Crippen molar-refractivity contribution in [3.05, 3.63) is 288 Å². The molecule has 2 heteroatoms. The second kappa shape index (κ2) is 15.3. The lowest BCUT2D eigenvalue weighted by Crippen LogP contribution is -1.99. The summed E-state index contributed by atoms with van der Waals surface area (Å²) in [5, 5.41) is 4.99. The summed E-state index contributed by atoms with van der Waals surface area (Å²) in [4.78, 5) is 0. The molecule has 0 amide bonds. The molecule has 2 nitrogen and oxygen atoms in total. The highest BCUT2D eigenvalue weighted by Gasteiger charge is 2.31. The molecule has 11 aromatic carbocycles. The summed E-state index contributed by atoms with van der Waals surface area (Å²) in [5.41, 5.74) is 25.4.